The second kappa shape index (κ2) is 20.8. The number of carbonyl (C=O) groups is 4. The molecule has 1 aliphatic heterocycles. The molecule has 6 rings (SSSR count). The van der Waals surface area contributed by atoms with Gasteiger partial charge >= 0.3 is 7.12 Å². The van der Waals surface area contributed by atoms with E-state index in [0.29, 0.717) is 57.0 Å². The van der Waals surface area contributed by atoms with Crippen LogP contribution in [-0.2, 0) is 38.3 Å². The summed E-state index contributed by atoms with van der Waals surface area (Å²) in [5, 5.41) is 16.0. The number of unbranched alkanes of at least 4 members (excludes halogenated alkanes) is 2. The van der Waals surface area contributed by atoms with Gasteiger partial charge in [0.1, 0.15) is 6.04 Å². The molecular weight excluding hydrogens is 797 g/mol. The van der Waals surface area contributed by atoms with E-state index in [1.165, 1.54) is 19.2 Å². The molecule has 4 aliphatic rings. The fraction of sp³-hybridized carbons (Fsp3) is 0.667. The van der Waals surface area contributed by atoms with Gasteiger partial charge in [-0.15, -0.1) is 0 Å². The number of aliphatic hydroxyl groups excluding tert-OH is 1. The molecule has 1 aromatic carbocycles. The Kier molecular flexibility index (Phi) is 16.5. The first-order valence-corrected chi connectivity index (χ1v) is 23.8. The van der Waals surface area contributed by atoms with E-state index in [0.717, 1.165) is 24.0 Å². The van der Waals surface area contributed by atoms with Crippen molar-refractivity contribution in [2.45, 2.75) is 146 Å². The lowest BCUT2D eigenvalue weighted by Crippen LogP contribution is -2.65. The summed E-state index contributed by atoms with van der Waals surface area (Å²) >= 11 is 0. The van der Waals surface area contributed by atoms with Gasteiger partial charge in [0.15, 0.2) is 26.4 Å². The highest BCUT2D eigenvalue weighted by Crippen LogP contribution is 2.66. The summed E-state index contributed by atoms with van der Waals surface area (Å²) in [6, 6.07) is 10.2. The summed E-state index contributed by atoms with van der Waals surface area (Å²) in [5.74, 6) is -3.86. The predicted molar refractivity (Wildman–Crippen MR) is 235 cm³/mol. The number of carbonyl (C=O) groups excluding carboxylic acids is 4. The molecule has 3 aliphatic carbocycles. The summed E-state index contributed by atoms with van der Waals surface area (Å²) < 4.78 is 40.2. The molecule has 16 heteroatoms. The molecule has 2 heterocycles. The van der Waals surface area contributed by atoms with Gasteiger partial charge in [0.25, 0.3) is 0 Å². The fourth-order valence-corrected chi connectivity index (χ4v) is 11.1. The molecule has 2 bridgehead atoms. The van der Waals surface area contributed by atoms with Gasteiger partial charge in [0.2, 0.25) is 11.8 Å². The number of rotatable bonds is 24. The number of sulfone groups is 1. The number of Topliss-reactive ketones (excluding diaryl/α,β-unsaturated/α-hetero) is 2. The van der Waals surface area contributed by atoms with Crippen LogP contribution >= 0.6 is 0 Å². The Morgan fingerprint density at radius 1 is 0.869 bits per heavy atom. The van der Waals surface area contributed by atoms with Crippen molar-refractivity contribution in [2.24, 2.45) is 40.6 Å². The number of nitrogens with one attached hydrogen (secondary N) is 2. The molecule has 0 unspecified atom stereocenters. The zero-order valence-electron chi connectivity index (χ0n) is 36.8. The van der Waals surface area contributed by atoms with Crippen molar-refractivity contribution in [3.63, 3.8) is 0 Å². The van der Waals surface area contributed by atoms with Crippen molar-refractivity contribution in [1.29, 1.82) is 0 Å². The molecule has 336 valence electrons. The van der Waals surface area contributed by atoms with Crippen LogP contribution in [-0.4, -0.2) is 97.7 Å². The van der Waals surface area contributed by atoms with E-state index in [-0.39, 0.29) is 47.4 Å². The van der Waals surface area contributed by atoms with Crippen LogP contribution in [0.25, 0.3) is 11.1 Å². The highest BCUT2D eigenvalue weighted by atomic mass is 32.2. The highest BCUT2D eigenvalue weighted by Gasteiger charge is 2.68. The topological polar surface area (TPSA) is 230 Å². The van der Waals surface area contributed by atoms with Gasteiger partial charge in [0.05, 0.1) is 35.5 Å². The van der Waals surface area contributed by atoms with E-state index in [1.54, 1.807) is 13.0 Å². The second-order valence-electron chi connectivity index (χ2n) is 18.6. The average Bonchev–Trinajstić information content (AvgIpc) is 3.59. The zero-order chi connectivity index (χ0) is 44.7. The predicted octanol–water partition coefficient (Wildman–Crippen LogP) is 4.42. The maximum Gasteiger partial charge on any atom is 0.461 e. The van der Waals surface area contributed by atoms with Gasteiger partial charge in [-0.3, -0.25) is 19.2 Å². The molecule has 0 radical (unpaired) electrons. The van der Waals surface area contributed by atoms with E-state index in [1.807, 2.05) is 37.3 Å². The Morgan fingerprint density at radius 2 is 1.54 bits per heavy atom. The first-order chi connectivity index (χ1) is 28.8. The number of nitrogens with zero attached hydrogens (tertiary/aromatic N) is 1. The molecule has 61 heavy (non-hydrogen) atoms. The minimum atomic E-state index is -4.05. The third kappa shape index (κ3) is 11.5. The molecule has 2 aromatic rings. The van der Waals surface area contributed by atoms with E-state index in [2.05, 4.69) is 36.4 Å². The number of ketones is 2. The van der Waals surface area contributed by atoms with Crippen LogP contribution < -0.4 is 22.1 Å². The number of benzene rings is 1. The number of aromatic nitrogens is 1. The van der Waals surface area contributed by atoms with E-state index >= 15 is 0 Å². The van der Waals surface area contributed by atoms with E-state index < -0.39 is 75.9 Å². The zero-order valence-corrected chi connectivity index (χ0v) is 37.6. The Bertz CT molecular complexity index is 1940. The second-order valence-corrected chi connectivity index (χ2v) is 20.6. The Hall–Kier alpha value is -3.54. The lowest BCUT2D eigenvalue weighted by molar-refractivity contribution is -0.199. The molecule has 0 spiro atoms. The van der Waals surface area contributed by atoms with Crippen molar-refractivity contribution in [3.05, 3.63) is 48.7 Å². The Balaban J connectivity index is 1.19. The monoisotopic (exact) mass is 865 g/mol. The van der Waals surface area contributed by atoms with Crippen molar-refractivity contribution in [1.82, 2.24) is 15.6 Å². The quantitative estimate of drug-likeness (QED) is 0.0730. The van der Waals surface area contributed by atoms with Crippen LogP contribution in [0.4, 0.5) is 0 Å². The highest BCUT2D eigenvalue weighted by molar-refractivity contribution is 7.91. The van der Waals surface area contributed by atoms with Crippen molar-refractivity contribution >= 4 is 40.3 Å². The lowest BCUT2D eigenvalue weighted by atomic mass is 9.43. The molecule has 2 amide bonds. The number of hydrogen-bond donors (Lipinski definition) is 5. The SMILES string of the molecule is C[C@H](CC(=O)[C@H](CCCCN)NC(=O)[C@H](C)CC(=O)[C@@H](NC(=O)[C@H](CCCCN)CS(=O)(=O)c1ccc(-c2ccccc2)cn1)[C@@H](C)O)B1O[C@@H]2C[C@@H]3C[C@@H](C3(C)C)[C@]2(C)O1. The van der Waals surface area contributed by atoms with Crippen LogP contribution in [0.3, 0.4) is 0 Å². The summed E-state index contributed by atoms with van der Waals surface area (Å²) in [6.45, 7) is 12.3. The number of amides is 2. The molecule has 10 atom stereocenters. The largest absolute Gasteiger partial charge is 0.461 e. The lowest BCUT2D eigenvalue weighted by Gasteiger charge is -2.64. The van der Waals surface area contributed by atoms with Crippen LogP contribution in [0, 0.1) is 29.1 Å². The van der Waals surface area contributed by atoms with Gasteiger partial charge < -0.3 is 36.5 Å². The van der Waals surface area contributed by atoms with Crippen molar-refractivity contribution < 1.29 is 42.0 Å². The number of nitrogens with two attached hydrogens (primary N) is 2. The summed E-state index contributed by atoms with van der Waals surface area (Å²) in [6.07, 6.45) is 4.75. The smallest absolute Gasteiger partial charge is 0.405 e. The number of hydrogen-bond acceptors (Lipinski definition) is 12. The van der Waals surface area contributed by atoms with Crippen LogP contribution in [0.5, 0.6) is 0 Å². The van der Waals surface area contributed by atoms with E-state index in [9.17, 15) is 32.7 Å². The van der Waals surface area contributed by atoms with Crippen LogP contribution in [0.2, 0.25) is 5.82 Å². The summed E-state index contributed by atoms with van der Waals surface area (Å²) in [5.41, 5.74) is 12.8. The molecule has 1 saturated heterocycles. The molecular formula is C45H68BN5O9S. The van der Waals surface area contributed by atoms with Gasteiger partial charge in [0, 0.05) is 30.5 Å². The standard InChI is InChI=1S/C45H68BN5O9S/c1-28(42(55)50-35(17-11-13-21-48)36(53)23-29(2)46-59-39-25-34-24-38(44(34,4)5)45(39,6)60-46)22-37(54)41(30(3)52)51-43(56)33(16-10-12-20-47)27-61(57,58)40-19-18-32(26-49-40)31-14-8-7-9-15-31/h7-9,14-15,18-19,26,28-30,33-35,38-39,41,52H,10-13,16-17,20-25,27,47-48H2,1-6H3,(H,50,55)(H,51,56)/t28-,29-,30-,33-,34+,35+,38+,39-,41+,45+/m1/s1. The van der Waals surface area contributed by atoms with Crippen LogP contribution in [0.1, 0.15) is 106 Å². The fourth-order valence-electron chi connectivity index (χ4n) is 9.62. The Morgan fingerprint density at radius 3 is 2.15 bits per heavy atom. The average molecular weight is 866 g/mol. The maximum absolute atomic E-state index is 13.8. The normalized spacial score (nSPS) is 24.6. The molecule has 3 saturated carbocycles. The van der Waals surface area contributed by atoms with Gasteiger partial charge in [-0.25, -0.2) is 13.4 Å². The molecule has 4 fully saturated rings. The number of aliphatic hydroxyl groups is 1. The third-order valence-electron chi connectivity index (χ3n) is 13.7. The first kappa shape index (κ1) is 48.5. The molecule has 14 nitrogen and oxygen atoms in total. The number of pyridine rings is 1. The minimum Gasteiger partial charge on any atom is -0.405 e. The maximum atomic E-state index is 13.8. The Labute approximate surface area is 362 Å². The van der Waals surface area contributed by atoms with Gasteiger partial charge in [-0.2, -0.15) is 0 Å². The van der Waals surface area contributed by atoms with E-state index in [4.69, 9.17) is 20.8 Å². The van der Waals surface area contributed by atoms with Gasteiger partial charge in [-0.1, -0.05) is 64.4 Å². The van der Waals surface area contributed by atoms with Crippen molar-refractivity contribution in [3.8, 4) is 11.1 Å². The molecule has 1 aromatic heterocycles. The first-order valence-electron chi connectivity index (χ1n) is 22.1. The summed E-state index contributed by atoms with van der Waals surface area (Å²) in [4.78, 5) is 59.1. The summed E-state index contributed by atoms with van der Waals surface area (Å²) in [7, 11) is -4.59. The minimum absolute atomic E-state index is 0.0172. The molecule has 7 N–H and O–H groups in total. The van der Waals surface area contributed by atoms with Crippen molar-refractivity contribution in [2.75, 3.05) is 18.8 Å². The van der Waals surface area contributed by atoms with Gasteiger partial charge in [-0.05, 0) is 113 Å². The van der Waals surface area contributed by atoms with Crippen LogP contribution in [0.15, 0.2) is 53.7 Å². The third-order valence-corrected chi connectivity index (χ3v) is 15.4.